The summed E-state index contributed by atoms with van der Waals surface area (Å²) in [5.41, 5.74) is -0.0873. The van der Waals surface area contributed by atoms with Crippen LogP contribution < -0.4 is 0 Å². The molecule has 0 aromatic heterocycles. The highest BCUT2D eigenvalue weighted by molar-refractivity contribution is 6.00. The van der Waals surface area contributed by atoms with Gasteiger partial charge in [-0.1, -0.05) is 43.5 Å². The van der Waals surface area contributed by atoms with Crippen molar-refractivity contribution < 1.29 is 18.4 Å². The Morgan fingerprint density at radius 2 is 1.95 bits per heavy atom. The summed E-state index contributed by atoms with van der Waals surface area (Å²) in [7, 11) is 0. The van der Waals surface area contributed by atoms with E-state index in [9.17, 15) is 13.2 Å². The Balaban J connectivity index is 2.77. The topological polar surface area (TPSA) is 32.6 Å². The van der Waals surface area contributed by atoms with Gasteiger partial charge in [-0.05, 0) is 30.5 Å². The normalized spacial score (nSPS) is 12.7. The molecule has 0 amide bonds. The zero-order chi connectivity index (χ0) is 14.3. The molecule has 19 heavy (non-hydrogen) atoms. The first-order valence-corrected chi connectivity index (χ1v) is 6.37. The molecular formula is C14H18F3NO. The van der Waals surface area contributed by atoms with Gasteiger partial charge in [0.15, 0.2) is 0 Å². The summed E-state index contributed by atoms with van der Waals surface area (Å²) < 4.78 is 37.8. The maximum absolute atomic E-state index is 12.6. The van der Waals surface area contributed by atoms with Crippen LogP contribution in [-0.2, 0) is 6.18 Å². The van der Waals surface area contributed by atoms with E-state index < -0.39 is 11.7 Å². The van der Waals surface area contributed by atoms with Crippen LogP contribution >= 0.6 is 0 Å². The van der Waals surface area contributed by atoms with Gasteiger partial charge in [-0.2, -0.15) is 13.2 Å². The lowest BCUT2D eigenvalue weighted by Gasteiger charge is -2.09. The summed E-state index contributed by atoms with van der Waals surface area (Å²) in [4.78, 5) is 0. The number of halogens is 3. The average Bonchev–Trinajstić information content (AvgIpc) is 2.38. The van der Waals surface area contributed by atoms with Crippen LogP contribution in [0.15, 0.2) is 29.4 Å². The molecule has 0 saturated heterocycles. The third kappa shape index (κ3) is 4.93. The van der Waals surface area contributed by atoms with Crippen LogP contribution in [0.4, 0.5) is 13.2 Å². The van der Waals surface area contributed by atoms with Gasteiger partial charge in [0.2, 0.25) is 0 Å². The second-order valence-electron chi connectivity index (χ2n) is 4.44. The fourth-order valence-corrected chi connectivity index (χ4v) is 1.85. The van der Waals surface area contributed by atoms with Gasteiger partial charge in [-0.3, -0.25) is 0 Å². The second kappa shape index (κ2) is 7.16. The predicted octanol–water partition coefficient (Wildman–Crippen LogP) is 4.85. The average molecular weight is 273 g/mol. The SMILES string of the molecule is CCCCCCC(=NO)c1cccc(C(F)(F)F)c1. The van der Waals surface area contributed by atoms with E-state index in [0.29, 0.717) is 17.7 Å². The van der Waals surface area contributed by atoms with Crippen LogP contribution in [0.25, 0.3) is 0 Å². The zero-order valence-electron chi connectivity index (χ0n) is 10.9. The number of alkyl halides is 3. The minimum atomic E-state index is -4.38. The van der Waals surface area contributed by atoms with E-state index >= 15 is 0 Å². The first kappa shape index (κ1) is 15.5. The van der Waals surface area contributed by atoms with Crippen LogP contribution in [0.1, 0.15) is 50.2 Å². The monoisotopic (exact) mass is 273 g/mol. The lowest BCUT2D eigenvalue weighted by molar-refractivity contribution is -0.137. The van der Waals surface area contributed by atoms with E-state index in [1.165, 1.54) is 12.1 Å². The Labute approximate surface area is 110 Å². The van der Waals surface area contributed by atoms with Gasteiger partial charge < -0.3 is 5.21 Å². The quantitative estimate of drug-likeness (QED) is 0.341. The molecule has 106 valence electrons. The van der Waals surface area contributed by atoms with Crippen molar-refractivity contribution in [1.29, 1.82) is 0 Å². The summed E-state index contributed by atoms with van der Waals surface area (Å²) in [6, 6.07) is 4.89. The van der Waals surface area contributed by atoms with E-state index in [0.717, 1.165) is 37.8 Å². The number of benzene rings is 1. The number of hydrogen-bond donors (Lipinski definition) is 1. The van der Waals surface area contributed by atoms with Crippen LogP contribution in [0, 0.1) is 0 Å². The molecule has 0 fully saturated rings. The predicted molar refractivity (Wildman–Crippen MR) is 68.5 cm³/mol. The first-order chi connectivity index (χ1) is 8.99. The molecule has 0 saturated carbocycles. The molecule has 0 aliphatic rings. The van der Waals surface area contributed by atoms with Gasteiger partial charge in [-0.25, -0.2) is 0 Å². The van der Waals surface area contributed by atoms with Crippen LogP contribution in [0.2, 0.25) is 0 Å². The Morgan fingerprint density at radius 1 is 1.21 bits per heavy atom. The summed E-state index contributed by atoms with van der Waals surface area (Å²) in [5.74, 6) is 0. The van der Waals surface area contributed by atoms with Crippen LogP contribution in [0.3, 0.4) is 0 Å². The Morgan fingerprint density at radius 3 is 2.53 bits per heavy atom. The molecule has 0 spiro atoms. The fraction of sp³-hybridized carbons (Fsp3) is 0.500. The molecule has 2 nitrogen and oxygen atoms in total. The lowest BCUT2D eigenvalue weighted by atomic mass is 10.0. The van der Waals surface area contributed by atoms with Crippen molar-refractivity contribution in [3.8, 4) is 0 Å². The number of unbranched alkanes of at least 4 members (excludes halogenated alkanes) is 3. The van der Waals surface area contributed by atoms with E-state index in [-0.39, 0.29) is 0 Å². The molecule has 0 atom stereocenters. The Hall–Kier alpha value is -1.52. The summed E-state index contributed by atoms with van der Waals surface area (Å²) in [6.45, 7) is 2.08. The van der Waals surface area contributed by atoms with Crippen molar-refractivity contribution in [1.82, 2.24) is 0 Å². The highest BCUT2D eigenvalue weighted by atomic mass is 19.4. The molecule has 1 aromatic rings. The minimum absolute atomic E-state index is 0.308. The maximum atomic E-state index is 12.6. The maximum Gasteiger partial charge on any atom is 0.416 e. The van der Waals surface area contributed by atoms with Crippen molar-refractivity contribution in [3.05, 3.63) is 35.4 Å². The van der Waals surface area contributed by atoms with Crippen LogP contribution in [-0.4, -0.2) is 10.9 Å². The molecule has 0 radical (unpaired) electrons. The van der Waals surface area contributed by atoms with Crippen molar-refractivity contribution in [2.75, 3.05) is 0 Å². The molecule has 1 N–H and O–H groups in total. The largest absolute Gasteiger partial charge is 0.416 e. The molecule has 1 rings (SSSR count). The van der Waals surface area contributed by atoms with Gasteiger partial charge in [0, 0.05) is 0 Å². The first-order valence-electron chi connectivity index (χ1n) is 6.37. The van der Waals surface area contributed by atoms with Gasteiger partial charge in [0.05, 0.1) is 11.3 Å². The molecule has 1 aromatic carbocycles. The fourth-order valence-electron chi connectivity index (χ4n) is 1.85. The second-order valence-corrected chi connectivity index (χ2v) is 4.44. The van der Waals surface area contributed by atoms with Crippen molar-refractivity contribution in [2.45, 2.75) is 45.2 Å². The van der Waals surface area contributed by atoms with Crippen molar-refractivity contribution in [3.63, 3.8) is 0 Å². The van der Waals surface area contributed by atoms with Gasteiger partial charge >= 0.3 is 6.18 Å². The number of oxime groups is 1. The van der Waals surface area contributed by atoms with Gasteiger partial charge in [0.25, 0.3) is 0 Å². The standard InChI is InChI=1S/C14H18F3NO/c1-2-3-4-5-9-13(18-19)11-7-6-8-12(10-11)14(15,16)17/h6-8,10,19H,2-5,9H2,1H3. The Bertz CT molecular complexity index is 427. The lowest BCUT2D eigenvalue weighted by Crippen LogP contribution is -2.08. The van der Waals surface area contributed by atoms with E-state index in [1.54, 1.807) is 0 Å². The number of hydrogen-bond acceptors (Lipinski definition) is 2. The van der Waals surface area contributed by atoms with E-state index in [2.05, 4.69) is 12.1 Å². The third-order valence-corrected chi connectivity index (χ3v) is 2.91. The molecule has 0 unspecified atom stereocenters. The minimum Gasteiger partial charge on any atom is -0.411 e. The van der Waals surface area contributed by atoms with Gasteiger partial charge in [-0.15, -0.1) is 0 Å². The smallest absolute Gasteiger partial charge is 0.411 e. The summed E-state index contributed by atoms with van der Waals surface area (Å²) in [6.07, 6.45) is 0.0466. The highest BCUT2D eigenvalue weighted by Crippen LogP contribution is 2.29. The molecule has 0 aliphatic carbocycles. The number of rotatable bonds is 6. The van der Waals surface area contributed by atoms with Crippen molar-refractivity contribution >= 4 is 5.71 Å². The zero-order valence-corrected chi connectivity index (χ0v) is 10.9. The molecule has 0 heterocycles. The van der Waals surface area contributed by atoms with E-state index in [4.69, 9.17) is 5.21 Å². The summed E-state index contributed by atoms with van der Waals surface area (Å²) >= 11 is 0. The van der Waals surface area contributed by atoms with E-state index in [1.807, 2.05) is 0 Å². The third-order valence-electron chi connectivity index (χ3n) is 2.91. The Kier molecular flexibility index (Phi) is 5.86. The number of nitrogens with zero attached hydrogens (tertiary/aromatic N) is 1. The molecule has 0 bridgehead atoms. The van der Waals surface area contributed by atoms with Gasteiger partial charge in [0.1, 0.15) is 0 Å². The highest BCUT2D eigenvalue weighted by Gasteiger charge is 2.30. The van der Waals surface area contributed by atoms with Crippen molar-refractivity contribution in [2.24, 2.45) is 5.16 Å². The molecule has 0 aliphatic heterocycles. The summed E-state index contributed by atoms with van der Waals surface area (Å²) in [5, 5.41) is 12.1. The molecule has 5 heteroatoms. The molecular weight excluding hydrogens is 255 g/mol. The van der Waals surface area contributed by atoms with Crippen LogP contribution in [0.5, 0.6) is 0 Å².